The summed E-state index contributed by atoms with van der Waals surface area (Å²) in [7, 11) is -1.43. The zero-order chi connectivity index (χ0) is 16.4. The van der Waals surface area contributed by atoms with Crippen LogP contribution in [-0.2, 0) is 0 Å². The lowest BCUT2D eigenvalue weighted by atomic mass is 10.1. The van der Waals surface area contributed by atoms with Crippen LogP contribution in [0.5, 0.6) is 0 Å². The fourth-order valence-electron chi connectivity index (χ4n) is 2.84. The third-order valence-corrected chi connectivity index (χ3v) is 10.6. The molecule has 3 rings (SSSR count). The number of hydrogen-bond acceptors (Lipinski definition) is 0. The molecule has 0 saturated carbocycles. The van der Waals surface area contributed by atoms with Crippen LogP contribution in [0.3, 0.4) is 0 Å². The normalized spacial score (nSPS) is 12.2. The average Bonchev–Trinajstić information content (AvgIpc) is 2.61. The van der Waals surface area contributed by atoms with Crippen molar-refractivity contribution in [2.45, 2.75) is 35.5 Å². The molecule has 3 aromatic carbocycles. The van der Waals surface area contributed by atoms with Crippen molar-refractivity contribution in [2.24, 2.45) is 0 Å². The van der Waals surface area contributed by atoms with Gasteiger partial charge in [0.05, 0.1) is 0 Å². The first-order valence-corrected chi connectivity index (χ1v) is 11.2. The highest BCUT2D eigenvalue weighted by Crippen LogP contribution is 2.74. The highest BCUT2D eigenvalue weighted by Gasteiger charge is 2.29. The minimum absolute atomic E-state index is 1.33. The van der Waals surface area contributed by atoms with Gasteiger partial charge in [0.1, 0.15) is 0 Å². The Kier molecular flexibility index (Phi) is 4.65. The fourth-order valence-corrected chi connectivity index (χ4v) is 7.86. The van der Waals surface area contributed by atoms with Gasteiger partial charge in [-0.05, 0) is 82.6 Å². The molecule has 0 aliphatic carbocycles. The molecule has 0 N–H and O–H groups in total. The molecular formula is C21H21BrS. The maximum Gasteiger partial charge on any atom is 0.0110 e. The molecule has 118 valence electrons. The summed E-state index contributed by atoms with van der Waals surface area (Å²) in [6.45, 7) is 6.64. The molecule has 0 aliphatic heterocycles. The summed E-state index contributed by atoms with van der Waals surface area (Å²) in [5, 5.41) is 0. The fraction of sp³-hybridized carbons (Fsp3) is 0.143. The Bertz CT molecular complexity index is 771. The third kappa shape index (κ3) is 2.86. The van der Waals surface area contributed by atoms with E-state index in [0.717, 1.165) is 0 Å². The predicted molar refractivity (Wildman–Crippen MR) is 105 cm³/mol. The lowest BCUT2D eigenvalue weighted by Crippen LogP contribution is -2.00. The number of rotatable bonds is 3. The molecule has 0 unspecified atom stereocenters. The Hall–Kier alpha value is -1.51. The van der Waals surface area contributed by atoms with E-state index >= 15 is 0 Å². The molecule has 0 amide bonds. The molecule has 0 spiro atoms. The number of halogens is 1. The van der Waals surface area contributed by atoms with Crippen molar-refractivity contribution in [3.05, 3.63) is 89.5 Å². The van der Waals surface area contributed by atoms with Gasteiger partial charge in [-0.2, -0.15) is 0 Å². The van der Waals surface area contributed by atoms with Gasteiger partial charge < -0.3 is 0 Å². The van der Waals surface area contributed by atoms with Crippen LogP contribution in [0.4, 0.5) is 0 Å². The van der Waals surface area contributed by atoms with Gasteiger partial charge in [-0.15, -0.1) is 8.46 Å². The van der Waals surface area contributed by atoms with Crippen molar-refractivity contribution in [3.63, 3.8) is 0 Å². The van der Waals surface area contributed by atoms with Gasteiger partial charge >= 0.3 is 0 Å². The van der Waals surface area contributed by atoms with Crippen LogP contribution in [0, 0.1) is 20.8 Å². The molecule has 3 aromatic rings. The van der Waals surface area contributed by atoms with Crippen molar-refractivity contribution < 1.29 is 0 Å². The molecule has 0 atom stereocenters. The molecule has 0 nitrogen and oxygen atoms in total. The molecule has 0 radical (unpaired) electrons. The van der Waals surface area contributed by atoms with Gasteiger partial charge in [-0.3, -0.25) is 0 Å². The van der Waals surface area contributed by atoms with Crippen LogP contribution < -0.4 is 0 Å². The second-order valence-corrected chi connectivity index (χ2v) is 11.2. The lowest BCUT2D eigenvalue weighted by molar-refractivity contribution is 1.17. The van der Waals surface area contributed by atoms with Gasteiger partial charge in [-0.25, -0.2) is 0 Å². The largest absolute Gasteiger partial charge is 0.101 e. The molecule has 0 aliphatic rings. The molecule has 23 heavy (non-hydrogen) atoms. The Morgan fingerprint density at radius 1 is 0.609 bits per heavy atom. The molecule has 0 fully saturated rings. The molecule has 0 bridgehead atoms. The maximum absolute atomic E-state index is 4.20. The van der Waals surface area contributed by atoms with Crippen LogP contribution in [0.15, 0.2) is 87.5 Å². The zero-order valence-electron chi connectivity index (χ0n) is 13.7. The van der Waals surface area contributed by atoms with E-state index in [1.54, 1.807) is 0 Å². The Labute approximate surface area is 148 Å². The summed E-state index contributed by atoms with van der Waals surface area (Å²) in [5.41, 5.74) is 4.11. The van der Waals surface area contributed by atoms with Crippen molar-refractivity contribution in [3.8, 4) is 0 Å². The first kappa shape index (κ1) is 16.4. The standard InChI is InChI=1S/C21H21BrS/c1-16-14-15-21(18(3)17(16)2)23(22,19-10-6-4-7-11-19)20-12-8-5-9-13-20/h4-15H,1-3H3. The van der Waals surface area contributed by atoms with Crippen LogP contribution in [0.2, 0.25) is 0 Å². The zero-order valence-corrected chi connectivity index (χ0v) is 16.1. The highest BCUT2D eigenvalue weighted by atomic mass is 79.9. The number of aryl methyl sites for hydroxylation is 1. The van der Waals surface area contributed by atoms with Gasteiger partial charge in [0, 0.05) is 14.7 Å². The summed E-state index contributed by atoms with van der Waals surface area (Å²) >= 11 is 4.20. The van der Waals surface area contributed by atoms with Gasteiger partial charge in [0.15, 0.2) is 0 Å². The Balaban J connectivity index is 2.32. The van der Waals surface area contributed by atoms with Gasteiger partial charge in [0.25, 0.3) is 0 Å². The second kappa shape index (κ2) is 6.54. The summed E-state index contributed by atoms with van der Waals surface area (Å²) in [6, 6.07) is 26.1. The van der Waals surface area contributed by atoms with E-state index in [9.17, 15) is 0 Å². The van der Waals surface area contributed by atoms with Crippen LogP contribution in [-0.4, -0.2) is 0 Å². The van der Waals surface area contributed by atoms with E-state index in [0.29, 0.717) is 0 Å². The summed E-state index contributed by atoms with van der Waals surface area (Å²) in [4.78, 5) is 4.05. The summed E-state index contributed by atoms with van der Waals surface area (Å²) in [5.74, 6) is 0. The molecule has 2 heteroatoms. The number of hydrogen-bond donors (Lipinski definition) is 0. The van der Waals surface area contributed by atoms with Crippen molar-refractivity contribution in [1.29, 1.82) is 0 Å². The maximum atomic E-state index is 4.20. The van der Waals surface area contributed by atoms with Crippen molar-refractivity contribution in [1.82, 2.24) is 0 Å². The molecule has 0 aromatic heterocycles. The Morgan fingerprint density at radius 3 is 1.57 bits per heavy atom. The van der Waals surface area contributed by atoms with Crippen molar-refractivity contribution >= 4 is 23.3 Å². The topological polar surface area (TPSA) is 0 Å². The SMILES string of the molecule is Cc1ccc(S(Br)(c2ccccc2)c2ccccc2)c(C)c1C. The van der Waals surface area contributed by atoms with Crippen molar-refractivity contribution in [2.75, 3.05) is 0 Å². The molecule has 0 saturated heterocycles. The van der Waals surface area contributed by atoms with Gasteiger partial charge in [-0.1, -0.05) is 42.5 Å². The van der Waals surface area contributed by atoms with Crippen LogP contribution in [0.1, 0.15) is 16.7 Å². The quantitative estimate of drug-likeness (QED) is 0.447. The van der Waals surface area contributed by atoms with E-state index in [2.05, 4.69) is 108 Å². The average molecular weight is 385 g/mol. The van der Waals surface area contributed by atoms with E-state index in [1.165, 1.54) is 31.4 Å². The number of benzene rings is 3. The van der Waals surface area contributed by atoms with E-state index in [-0.39, 0.29) is 0 Å². The molecular weight excluding hydrogens is 364 g/mol. The van der Waals surface area contributed by atoms with Crippen LogP contribution >= 0.6 is 23.3 Å². The second-order valence-electron chi connectivity index (χ2n) is 5.79. The third-order valence-electron chi connectivity index (χ3n) is 4.45. The monoisotopic (exact) mass is 384 g/mol. The first-order chi connectivity index (χ1) is 11.0. The molecule has 0 heterocycles. The van der Waals surface area contributed by atoms with E-state index in [4.69, 9.17) is 0 Å². The van der Waals surface area contributed by atoms with Gasteiger partial charge in [0.2, 0.25) is 0 Å². The van der Waals surface area contributed by atoms with Crippen LogP contribution in [0.25, 0.3) is 0 Å². The smallest absolute Gasteiger partial charge is 0.0110 e. The summed E-state index contributed by atoms with van der Waals surface area (Å²) < 4.78 is 0. The van der Waals surface area contributed by atoms with E-state index < -0.39 is 8.46 Å². The minimum atomic E-state index is -1.43. The minimum Gasteiger partial charge on any atom is -0.101 e. The Morgan fingerprint density at radius 2 is 1.09 bits per heavy atom. The summed E-state index contributed by atoms with van der Waals surface area (Å²) in [6.07, 6.45) is 0. The highest BCUT2D eigenvalue weighted by molar-refractivity contribution is 9.58. The predicted octanol–water partition coefficient (Wildman–Crippen LogP) is 7.20. The first-order valence-electron chi connectivity index (χ1n) is 7.75. The van der Waals surface area contributed by atoms with E-state index in [1.807, 2.05) is 0 Å². The lowest BCUT2D eigenvalue weighted by Gasteiger charge is -2.36.